The zero-order valence-electron chi connectivity index (χ0n) is 9.72. The number of rotatable bonds is 2. The summed E-state index contributed by atoms with van der Waals surface area (Å²) in [4.78, 5) is 18.3. The number of aromatic carboxylic acids is 1. The molecule has 0 saturated carbocycles. The molecule has 3 aromatic rings. The van der Waals surface area contributed by atoms with Crippen molar-refractivity contribution in [3.63, 3.8) is 0 Å². The molecule has 0 atom stereocenters. The SMILES string of the molecule is O=C(O)c1ccnc(-c2cc3cccc(Cl)c3[nH]2)c1. The maximum absolute atomic E-state index is 11.0. The van der Waals surface area contributed by atoms with Gasteiger partial charge in [0.25, 0.3) is 0 Å². The lowest BCUT2D eigenvalue weighted by atomic mass is 10.2. The van der Waals surface area contributed by atoms with Crippen LogP contribution < -0.4 is 0 Å². The van der Waals surface area contributed by atoms with Crippen LogP contribution in [0.1, 0.15) is 10.4 Å². The van der Waals surface area contributed by atoms with Crippen molar-refractivity contribution >= 4 is 28.5 Å². The van der Waals surface area contributed by atoms with E-state index in [9.17, 15) is 4.79 Å². The average Bonchev–Trinajstić information content (AvgIpc) is 2.84. The van der Waals surface area contributed by atoms with E-state index in [1.165, 1.54) is 18.3 Å². The van der Waals surface area contributed by atoms with Gasteiger partial charge >= 0.3 is 5.97 Å². The maximum Gasteiger partial charge on any atom is 0.335 e. The molecule has 0 bridgehead atoms. The van der Waals surface area contributed by atoms with Crippen LogP contribution in [0.2, 0.25) is 5.02 Å². The molecule has 4 nitrogen and oxygen atoms in total. The normalized spacial score (nSPS) is 10.8. The van der Waals surface area contributed by atoms with E-state index in [1.807, 2.05) is 18.2 Å². The fourth-order valence-electron chi connectivity index (χ4n) is 1.97. The molecule has 2 aromatic heterocycles. The van der Waals surface area contributed by atoms with Crippen LogP contribution in [-0.4, -0.2) is 21.0 Å². The highest BCUT2D eigenvalue weighted by atomic mass is 35.5. The lowest BCUT2D eigenvalue weighted by molar-refractivity contribution is 0.0697. The number of para-hydroxylation sites is 1. The molecule has 0 spiro atoms. The summed E-state index contributed by atoms with van der Waals surface area (Å²) in [5.41, 5.74) is 2.34. The van der Waals surface area contributed by atoms with Gasteiger partial charge in [0.15, 0.2) is 0 Å². The first-order valence-electron chi connectivity index (χ1n) is 5.62. The Labute approximate surface area is 113 Å². The summed E-state index contributed by atoms with van der Waals surface area (Å²) in [6, 6.07) is 10.5. The lowest BCUT2D eigenvalue weighted by Crippen LogP contribution is -1.97. The number of aromatic amines is 1. The van der Waals surface area contributed by atoms with Crippen molar-refractivity contribution in [2.24, 2.45) is 0 Å². The fraction of sp³-hybridized carbons (Fsp3) is 0. The predicted octanol–water partition coefficient (Wildman–Crippen LogP) is 3.58. The van der Waals surface area contributed by atoms with E-state index in [2.05, 4.69) is 9.97 Å². The van der Waals surface area contributed by atoms with E-state index in [-0.39, 0.29) is 5.56 Å². The van der Waals surface area contributed by atoms with Gasteiger partial charge in [-0.2, -0.15) is 0 Å². The van der Waals surface area contributed by atoms with E-state index in [4.69, 9.17) is 16.7 Å². The second kappa shape index (κ2) is 4.40. The number of nitrogens with zero attached hydrogens (tertiary/aromatic N) is 1. The summed E-state index contributed by atoms with van der Waals surface area (Å²) < 4.78 is 0. The summed E-state index contributed by atoms with van der Waals surface area (Å²) in [6.07, 6.45) is 1.48. The van der Waals surface area contributed by atoms with Crippen molar-refractivity contribution in [1.82, 2.24) is 9.97 Å². The van der Waals surface area contributed by atoms with Gasteiger partial charge in [-0.15, -0.1) is 0 Å². The number of carboxylic acid groups (broad SMARTS) is 1. The standard InChI is InChI=1S/C14H9ClN2O2/c15-10-3-1-2-8-6-12(17-13(8)10)11-7-9(14(18)19)4-5-16-11/h1-7,17H,(H,18,19). The fourth-order valence-corrected chi connectivity index (χ4v) is 2.20. The van der Waals surface area contributed by atoms with E-state index in [0.29, 0.717) is 10.7 Å². The molecular weight excluding hydrogens is 264 g/mol. The summed E-state index contributed by atoms with van der Waals surface area (Å²) in [5, 5.41) is 10.6. The van der Waals surface area contributed by atoms with Gasteiger partial charge in [-0.25, -0.2) is 4.79 Å². The number of carbonyl (C=O) groups is 1. The number of halogens is 1. The molecule has 0 unspecified atom stereocenters. The van der Waals surface area contributed by atoms with Crippen LogP contribution in [-0.2, 0) is 0 Å². The van der Waals surface area contributed by atoms with Crippen LogP contribution in [0.25, 0.3) is 22.3 Å². The number of nitrogens with one attached hydrogen (secondary N) is 1. The molecule has 3 rings (SSSR count). The Bertz CT molecular complexity index is 780. The van der Waals surface area contributed by atoms with Gasteiger partial charge in [-0.3, -0.25) is 4.98 Å². The molecule has 94 valence electrons. The van der Waals surface area contributed by atoms with Crippen molar-refractivity contribution in [3.8, 4) is 11.4 Å². The van der Waals surface area contributed by atoms with Gasteiger partial charge in [0, 0.05) is 11.6 Å². The Morgan fingerprint density at radius 1 is 1.26 bits per heavy atom. The van der Waals surface area contributed by atoms with Crippen molar-refractivity contribution in [2.75, 3.05) is 0 Å². The molecule has 2 N–H and O–H groups in total. The number of aromatic nitrogens is 2. The molecule has 2 heterocycles. The first kappa shape index (κ1) is 11.7. The number of H-pyrrole nitrogens is 1. The number of fused-ring (bicyclic) bond motifs is 1. The number of hydrogen-bond donors (Lipinski definition) is 2. The quantitative estimate of drug-likeness (QED) is 0.749. The highest BCUT2D eigenvalue weighted by molar-refractivity contribution is 6.35. The number of hydrogen-bond acceptors (Lipinski definition) is 2. The van der Waals surface area contributed by atoms with Crippen LogP contribution in [0.3, 0.4) is 0 Å². The average molecular weight is 273 g/mol. The molecule has 0 aliphatic heterocycles. The Morgan fingerprint density at radius 2 is 2.11 bits per heavy atom. The van der Waals surface area contributed by atoms with E-state index in [0.717, 1.165) is 16.6 Å². The third kappa shape index (κ3) is 2.06. The molecule has 0 saturated heterocycles. The summed E-state index contributed by atoms with van der Waals surface area (Å²) >= 11 is 6.09. The second-order valence-electron chi connectivity index (χ2n) is 4.12. The minimum Gasteiger partial charge on any atom is -0.478 e. The molecule has 0 aliphatic carbocycles. The zero-order valence-corrected chi connectivity index (χ0v) is 10.5. The van der Waals surface area contributed by atoms with Crippen molar-refractivity contribution < 1.29 is 9.90 Å². The van der Waals surface area contributed by atoms with E-state index >= 15 is 0 Å². The Kier molecular flexibility index (Phi) is 2.72. The summed E-state index contributed by atoms with van der Waals surface area (Å²) in [5.74, 6) is -0.974. The topological polar surface area (TPSA) is 66.0 Å². The van der Waals surface area contributed by atoms with Gasteiger partial charge in [-0.1, -0.05) is 23.7 Å². The van der Waals surface area contributed by atoms with Crippen molar-refractivity contribution in [1.29, 1.82) is 0 Å². The molecule has 0 radical (unpaired) electrons. The second-order valence-corrected chi connectivity index (χ2v) is 4.53. The number of benzene rings is 1. The minimum absolute atomic E-state index is 0.203. The van der Waals surface area contributed by atoms with Crippen LogP contribution in [0.5, 0.6) is 0 Å². The van der Waals surface area contributed by atoms with Crippen molar-refractivity contribution in [3.05, 3.63) is 53.2 Å². The third-order valence-corrected chi connectivity index (χ3v) is 3.20. The molecular formula is C14H9ClN2O2. The first-order valence-corrected chi connectivity index (χ1v) is 6.00. The van der Waals surface area contributed by atoms with Gasteiger partial charge in [-0.05, 0) is 24.3 Å². The maximum atomic E-state index is 11.0. The van der Waals surface area contributed by atoms with E-state index in [1.54, 1.807) is 6.07 Å². The summed E-state index contributed by atoms with van der Waals surface area (Å²) in [6.45, 7) is 0. The molecule has 1 aromatic carbocycles. The Balaban J connectivity index is 2.16. The molecule has 0 fully saturated rings. The highest BCUT2D eigenvalue weighted by Crippen LogP contribution is 2.27. The van der Waals surface area contributed by atoms with Crippen LogP contribution in [0.4, 0.5) is 0 Å². The Morgan fingerprint density at radius 3 is 2.84 bits per heavy atom. The van der Waals surface area contributed by atoms with Gasteiger partial charge in [0.05, 0.1) is 27.5 Å². The minimum atomic E-state index is -0.974. The van der Waals surface area contributed by atoms with Gasteiger partial charge < -0.3 is 10.1 Å². The highest BCUT2D eigenvalue weighted by Gasteiger charge is 2.09. The largest absolute Gasteiger partial charge is 0.478 e. The predicted molar refractivity (Wildman–Crippen MR) is 73.5 cm³/mol. The molecule has 19 heavy (non-hydrogen) atoms. The van der Waals surface area contributed by atoms with Crippen molar-refractivity contribution in [2.45, 2.75) is 0 Å². The van der Waals surface area contributed by atoms with Gasteiger partial charge in [0.2, 0.25) is 0 Å². The molecule has 5 heteroatoms. The van der Waals surface area contributed by atoms with Crippen LogP contribution in [0.15, 0.2) is 42.6 Å². The van der Waals surface area contributed by atoms with E-state index < -0.39 is 5.97 Å². The first-order chi connectivity index (χ1) is 9.15. The van der Waals surface area contributed by atoms with Crippen LogP contribution in [0, 0.1) is 0 Å². The smallest absolute Gasteiger partial charge is 0.335 e. The number of carboxylic acids is 1. The molecule has 0 aliphatic rings. The Hall–Kier alpha value is -2.33. The van der Waals surface area contributed by atoms with Crippen LogP contribution >= 0.6 is 11.6 Å². The monoisotopic (exact) mass is 272 g/mol. The van der Waals surface area contributed by atoms with Gasteiger partial charge in [0.1, 0.15) is 0 Å². The zero-order chi connectivity index (χ0) is 13.4. The third-order valence-electron chi connectivity index (χ3n) is 2.89. The molecule has 0 amide bonds. The lowest BCUT2D eigenvalue weighted by Gasteiger charge is -1.98. The summed E-state index contributed by atoms with van der Waals surface area (Å²) in [7, 11) is 0. The number of pyridine rings is 1.